The van der Waals surface area contributed by atoms with E-state index >= 15 is 0 Å². The fraction of sp³-hybridized carbons (Fsp3) is 0.217. The van der Waals surface area contributed by atoms with Gasteiger partial charge in [0.2, 0.25) is 0 Å². The highest BCUT2D eigenvalue weighted by Gasteiger charge is 2.24. The SMILES string of the molecule is CPc1ccc(-c2cccc(C(=O)NC3CC3)c2)c2c1[nH]c1ncc(C)cc12. The number of nitrogens with one attached hydrogen (secondary N) is 2. The molecular weight excluding hydrogens is 365 g/mol. The van der Waals surface area contributed by atoms with E-state index in [-0.39, 0.29) is 5.91 Å². The maximum Gasteiger partial charge on any atom is 0.251 e. The number of hydrogen-bond donors (Lipinski definition) is 2. The van der Waals surface area contributed by atoms with Crippen molar-refractivity contribution in [2.24, 2.45) is 0 Å². The number of carbonyl (C=O) groups excluding carboxylic acids is 1. The van der Waals surface area contributed by atoms with Gasteiger partial charge in [0, 0.05) is 28.6 Å². The second kappa shape index (κ2) is 6.72. The van der Waals surface area contributed by atoms with Crippen molar-refractivity contribution in [2.45, 2.75) is 25.8 Å². The number of aryl methyl sites for hydroxylation is 1. The summed E-state index contributed by atoms with van der Waals surface area (Å²) in [6, 6.07) is 14.9. The average molecular weight is 387 g/mol. The van der Waals surface area contributed by atoms with Gasteiger partial charge in [0.25, 0.3) is 5.91 Å². The first-order valence-electron chi connectivity index (χ1n) is 9.64. The van der Waals surface area contributed by atoms with Gasteiger partial charge in [-0.25, -0.2) is 4.98 Å². The van der Waals surface area contributed by atoms with E-state index in [9.17, 15) is 4.79 Å². The summed E-state index contributed by atoms with van der Waals surface area (Å²) in [6.07, 6.45) is 4.08. The van der Waals surface area contributed by atoms with E-state index < -0.39 is 0 Å². The lowest BCUT2D eigenvalue weighted by atomic mass is 9.98. The van der Waals surface area contributed by atoms with E-state index in [4.69, 9.17) is 0 Å². The number of aromatic amines is 1. The number of amides is 1. The lowest BCUT2D eigenvalue weighted by molar-refractivity contribution is 0.0951. The van der Waals surface area contributed by atoms with Crippen LogP contribution in [0.5, 0.6) is 0 Å². The molecule has 1 aliphatic carbocycles. The molecule has 2 aromatic heterocycles. The molecule has 1 atom stereocenters. The third-order valence-corrected chi connectivity index (χ3v) is 6.32. The van der Waals surface area contributed by atoms with Gasteiger partial charge in [-0.2, -0.15) is 0 Å². The highest BCUT2D eigenvalue weighted by Crippen LogP contribution is 2.35. The van der Waals surface area contributed by atoms with Gasteiger partial charge >= 0.3 is 0 Å². The Kier molecular flexibility index (Phi) is 4.17. The summed E-state index contributed by atoms with van der Waals surface area (Å²) in [5.41, 5.74) is 6.11. The predicted octanol–water partition coefficient (Wildman–Crippen LogP) is 4.52. The highest BCUT2D eigenvalue weighted by molar-refractivity contribution is 7.47. The minimum Gasteiger partial charge on any atom is -0.349 e. The topological polar surface area (TPSA) is 57.8 Å². The van der Waals surface area contributed by atoms with Crippen LogP contribution in [0.3, 0.4) is 0 Å². The third kappa shape index (κ3) is 2.98. The first-order chi connectivity index (χ1) is 13.6. The van der Waals surface area contributed by atoms with Crippen molar-refractivity contribution >= 4 is 41.7 Å². The summed E-state index contributed by atoms with van der Waals surface area (Å²) in [4.78, 5) is 20.6. The van der Waals surface area contributed by atoms with Gasteiger partial charge in [-0.05, 0) is 66.6 Å². The summed E-state index contributed by atoms with van der Waals surface area (Å²) >= 11 is 0. The predicted molar refractivity (Wildman–Crippen MR) is 118 cm³/mol. The molecule has 28 heavy (non-hydrogen) atoms. The van der Waals surface area contributed by atoms with E-state index in [0.29, 0.717) is 20.2 Å². The number of fused-ring (bicyclic) bond motifs is 3. The van der Waals surface area contributed by atoms with Crippen LogP contribution in [-0.4, -0.2) is 28.6 Å². The van der Waals surface area contributed by atoms with Crippen LogP contribution in [0.15, 0.2) is 48.7 Å². The molecule has 2 heterocycles. The Morgan fingerprint density at radius 3 is 2.86 bits per heavy atom. The van der Waals surface area contributed by atoms with E-state index in [1.807, 2.05) is 24.4 Å². The second-order valence-electron chi connectivity index (χ2n) is 7.52. The van der Waals surface area contributed by atoms with Crippen LogP contribution in [0.4, 0.5) is 0 Å². The first-order valence-corrected chi connectivity index (χ1v) is 11.1. The third-order valence-electron chi connectivity index (χ3n) is 5.36. The van der Waals surface area contributed by atoms with Crippen molar-refractivity contribution in [3.05, 3.63) is 59.8 Å². The number of H-pyrrole nitrogens is 1. The van der Waals surface area contributed by atoms with E-state index in [1.165, 1.54) is 10.7 Å². The van der Waals surface area contributed by atoms with Crippen LogP contribution in [0.25, 0.3) is 33.1 Å². The van der Waals surface area contributed by atoms with Crippen LogP contribution in [0.2, 0.25) is 0 Å². The molecule has 2 aromatic carbocycles. The zero-order chi connectivity index (χ0) is 19.3. The fourth-order valence-corrected chi connectivity index (χ4v) is 4.45. The first kappa shape index (κ1) is 17.4. The molecule has 2 N–H and O–H groups in total. The van der Waals surface area contributed by atoms with E-state index in [1.54, 1.807) is 0 Å². The monoisotopic (exact) mass is 387 g/mol. The maximum atomic E-state index is 12.5. The van der Waals surface area contributed by atoms with Crippen molar-refractivity contribution in [1.82, 2.24) is 15.3 Å². The smallest absolute Gasteiger partial charge is 0.251 e. The summed E-state index contributed by atoms with van der Waals surface area (Å²) in [7, 11) is 0.694. The Bertz CT molecular complexity index is 1220. The van der Waals surface area contributed by atoms with E-state index in [0.717, 1.165) is 46.1 Å². The van der Waals surface area contributed by atoms with E-state index in [2.05, 4.69) is 53.1 Å². The van der Waals surface area contributed by atoms with Gasteiger partial charge < -0.3 is 10.3 Å². The fourth-order valence-electron chi connectivity index (χ4n) is 3.76. The van der Waals surface area contributed by atoms with Crippen molar-refractivity contribution in [3.8, 4) is 11.1 Å². The standard InChI is InChI=1S/C23H22N3OP/c1-13-10-18-20-17(8-9-19(28-2)21(20)26-22(18)24-12-13)14-4-3-5-15(11-14)23(27)25-16-6-7-16/h3-5,8-12,16,28H,6-7H2,1-2H3,(H,24,26)(H,25,27). The van der Waals surface area contributed by atoms with Crippen molar-refractivity contribution < 1.29 is 4.79 Å². The Labute approximate surface area is 165 Å². The Hall–Kier alpha value is -2.71. The molecule has 1 saturated carbocycles. The van der Waals surface area contributed by atoms with Gasteiger partial charge in [0.1, 0.15) is 5.65 Å². The molecule has 0 saturated heterocycles. The molecule has 140 valence electrons. The highest BCUT2D eigenvalue weighted by atomic mass is 31.1. The Balaban J connectivity index is 1.71. The lowest BCUT2D eigenvalue weighted by Crippen LogP contribution is -2.25. The molecule has 4 nitrogen and oxygen atoms in total. The molecule has 1 amide bonds. The van der Waals surface area contributed by atoms with Crippen LogP contribution in [0, 0.1) is 6.92 Å². The zero-order valence-electron chi connectivity index (χ0n) is 16.0. The minimum atomic E-state index is 0.0173. The quantitative estimate of drug-likeness (QED) is 0.506. The molecule has 0 bridgehead atoms. The van der Waals surface area contributed by atoms with Gasteiger partial charge in [0.05, 0.1) is 5.52 Å². The largest absolute Gasteiger partial charge is 0.349 e. The molecule has 5 heteroatoms. The minimum absolute atomic E-state index is 0.0173. The van der Waals surface area contributed by atoms with Crippen LogP contribution in [0.1, 0.15) is 28.8 Å². The van der Waals surface area contributed by atoms with Crippen molar-refractivity contribution in [1.29, 1.82) is 0 Å². The van der Waals surface area contributed by atoms with Crippen LogP contribution < -0.4 is 10.6 Å². The molecule has 0 radical (unpaired) electrons. The van der Waals surface area contributed by atoms with Gasteiger partial charge in [-0.3, -0.25) is 4.79 Å². The summed E-state index contributed by atoms with van der Waals surface area (Å²) in [5.74, 6) is 0.0173. The van der Waals surface area contributed by atoms with Gasteiger partial charge in [-0.15, -0.1) is 0 Å². The molecule has 5 rings (SSSR count). The molecule has 1 aliphatic rings. The zero-order valence-corrected chi connectivity index (χ0v) is 17.0. The average Bonchev–Trinajstić information content (AvgIpc) is 3.45. The summed E-state index contributed by atoms with van der Waals surface area (Å²) in [6.45, 7) is 4.26. The number of rotatable bonds is 4. The van der Waals surface area contributed by atoms with Gasteiger partial charge in [-0.1, -0.05) is 32.8 Å². The number of carbonyl (C=O) groups is 1. The maximum absolute atomic E-state index is 12.5. The molecule has 1 fully saturated rings. The lowest BCUT2D eigenvalue weighted by Gasteiger charge is -2.10. The van der Waals surface area contributed by atoms with Crippen molar-refractivity contribution in [3.63, 3.8) is 0 Å². The summed E-state index contributed by atoms with van der Waals surface area (Å²) in [5, 5.41) is 6.71. The molecule has 0 aliphatic heterocycles. The molecule has 1 unspecified atom stereocenters. The van der Waals surface area contributed by atoms with Crippen molar-refractivity contribution in [2.75, 3.05) is 6.66 Å². The normalized spacial score (nSPS) is 14.4. The number of aromatic nitrogens is 2. The molecular formula is C23H22N3OP. The van der Waals surface area contributed by atoms with Crippen LogP contribution in [-0.2, 0) is 0 Å². The number of benzene rings is 2. The second-order valence-corrected chi connectivity index (χ2v) is 8.56. The number of nitrogens with zero attached hydrogens (tertiary/aromatic N) is 1. The number of hydrogen-bond acceptors (Lipinski definition) is 2. The molecule has 4 aromatic rings. The van der Waals surface area contributed by atoms with Crippen LogP contribution >= 0.6 is 8.58 Å². The number of pyridine rings is 1. The Morgan fingerprint density at radius 2 is 2.07 bits per heavy atom. The summed E-state index contributed by atoms with van der Waals surface area (Å²) < 4.78 is 0. The Morgan fingerprint density at radius 1 is 1.21 bits per heavy atom. The van der Waals surface area contributed by atoms with Gasteiger partial charge in [0.15, 0.2) is 0 Å². The molecule has 0 spiro atoms.